The highest BCUT2D eigenvalue weighted by Gasteiger charge is 2.04. The van der Waals surface area contributed by atoms with E-state index in [2.05, 4.69) is 33.9 Å². The normalized spacial score (nSPS) is 10.7. The first-order chi connectivity index (χ1) is 9.20. The molecule has 2 rings (SSSR count). The minimum Gasteiger partial charge on any atom is -0.385 e. The summed E-state index contributed by atoms with van der Waals surface area (Å²) in [5, 5.41) is 4.18. The average molecular weight is 278 g/mol. The number of hydrogen-bond acceptors (Lipinski definition) is 2. The topological polar surface area (TPSA) is 29.9 Å². The molecule has 3 nitrogen and oxygen atoms in total. The third-order valence-corrected chi connectivity index (χ3v) is 3.53. The van der Waals surface area contributed by atoms with Gasteiger partial charge in [0.2, 0.25) is 0 Å². The first-order valence-corrected chi connectivity index (χ1v) is 7.08. The van der Waals surface area contributed by atoms with Gasteiger partial charge < -0.3 is 9.88 Å². The first-order valence-electron chi connectivity index (χ1n) is 6.70. The summed E-state index contributed by atoms with van der Waals surface area (Å²) >= 11 is 6.34. The molecule has 0 bridgehead atoms. The molecule has 0 fully saturated rings. The van der Waals surface area contributed by atoms with Crippen LogP contribution in [-0.4, -0.2) is 16.1 Å². The van der Waals surface area contributed by atoms with Crippen molar-refractivity contribution >= 4 is 17.3 Å². The van der Waals surface area contributed by atoms with Crippen LogP contribution < -0.4 is 5.32 Å². The van der Waals surface area contributed by atoms with Crippen molar-refractivity contribution in [3.8, 4) is 0 Å². The minimum absolute atomic E-state index is 0.764. The van der Waals surface area contributed by atoms with Gasteiger partial charge in [-0.25, -0.2) is 4.98 Å². The van der Waals surface area contributed by atoms with Gasteiger partial charge in [0.05, 0.1) is 6.54 Å². The number of anilines is 1. The summed E-state index contributed by atoms with van der Waals surface area (Å²) in [4.78, 5) is 4.22. The number of nitrogens with one attached hydrogen (secondary N) is 1. The standard InChI is InChI=1S/C15H20ClN3/c1-3-4-7-18-14-6-5-13(15(16)10-14)11-19-9-8-17-12(19)2/h5-6,8-10,18H,3-4,7,11H2,1-2H3. The fraction of sp³-hybridized carbons (Fsp3) is 0.400. The van der Waals surface area contributed by atoms with E-state index in [1.54, 1.807) is 0 Å². The number of rotatable bonds is 6. The van der Waals surface area contributed by atoms with E-state index in [0.717, 1.165) is 35.2 Å². The van der Waals surface area contributed by atoms with Gasteiger partial charge in [-0.05, 0) is 31.0 Å². The lowest BCUT2D eigenvalue weighted by molar-refractivity contribution is 0.762. The molecule has 1 aromatic carbocycles. The minimum atomic E-state index is 0.764. The summed E-state index contributed by atoms with van der Waals surface area (Å²) in [6.07, 6.45) is 6.15. The Kier molecular flexibility index (Phi) is 4.86. The molecule has 102 valence electrons. The molecule has 1 N–H and O–H groups in total. The van der Waals surface area contributed by atoms with Crippen LogP contribution in [0, 0.1) is 6.92 Å². The van der Waals surface area contributed by atoms with Crippen LogP contribution in [0.2, 0.25) is 5.02 Å². The van der Waals surface area contributed by atoms with Crippen molar-refractivity contribution in [2.45, 2.75) is 33.2 Å². The second-order valence-corrected chi connectivity index (χ2v) is 5.10. The van der Waals surface area contributed by atoms with E-state index in [-0.39, 0.29) is 0 Å². The third kappa shape index (κ3) is 3.74. The highest BCUT2D eigenvalue weighted by atomic mass is 35.5. The number of aryl methyl sites for hydroxylation is 1. The van der Waals surface area contributed by atoms with Gasteiger partial charge in [0.25, 0.3) is 0 Å². The van der Waals surface area contributed by atoms with Crippen LogP contribution in [0.1, 0.15) is 31.2 Å². The molecule has 0 saturated heterocycles. The Morgan fingerprint density at radius 2 is 2.21 bits per heavy atom. The Balaban J connectivity index is 2.05. The highest BCUT2D eigenvalue weighted by molar-refractivity contribution is 6.31. The largest absolute Gasteiger partial charge is 0.385 e. The molecule has 1 aromatic heterocycles. The van der Waals surface area contributed by atoms with Crippen LogP contribution in [0.25, 0.3) is 0 Å². The SMILES string of the molecule is CCCCNc1ccc(Cn2ccnc2C)c(Cl)c1. The van der Waals surface area contributed by atoms with Gasteiger partial charge in [-0.1, -0.05) is 31.0 Å². The van der Waals surface area contributed by atoms with Crippen LogP contribution in [0.4, 0.5) is 5.69 Å². The van der Waals surface area contributed by atoms with Crippen molar-refractivity contribution in [3.63, 3.8) is 0 Å². The lowest BCUT2D eigenvalue weighted by atomic mass is 10.2. The van der Waals surface area contributed by atoms with Crippen LogP contribution in [0.5, 0.6) is 0 Å². The molecule has 0 unspecified atom stereocenters. The van der Waals surface area contributed by atoms with Crippen molar-refractivity contribution in [3.05, 3.63) is 47.0 Å². The molecular weight excluding hydrogens is 258 g/mol. The van der Waals surface area contributed by atoms with Crippen LogP contribution in [-0.2, 0) is 6.54 Å². The van der Waals surface area contributed by atoms with E-state index in [1.807, 2.05) is 25.4 Å². The molecule has 0 radical (unpaired) electrons. The zero-order valence-corrected chi connectivity index (χ0v) is 12.2. The van der Waals surface area contributed by atoms with Gasteiger partial charge in [0, 0.05) is 29.6 Å². The van der Waals surface area contributed by atoms with Gasteiger partial charge >= 0.3 is 0 Å². The Labute approximate surface area is 119 Å². The van der Waals surface area contributed by atoms with E-state index in [4.69, 9.17) is 11.6 Å². The lowest BCUT2D eigenvalue weighted by Gasteiger charge is -2.10. The fourth-order valence-electron chi connectivity index (χ4n) is 1.95. The Bertz CT molecular complexity index is 534. The number of nitrogens with zero attached hydrogens (tertiary/aromatic N) is 2. The van der Waals surface area contributed by atoms with Crippen LogP contribution in [0.15, 0.2) is 30.6 Å². The predicted octanol–water partition coefficient (Wildman–Crippen LogP) is 4.11. The van der Waals surface area contributed by atoms with Crippen LogP contribution >= 0.6 is 11.6 Å². The predicted molar refractivity (Wildman–Crippen MR) is 80.9 cm³/mol. The molecule has 0 aliphatic heterocycles. The Morgan fingerprint density at radius 1 is 1.37 bits per heavy atom. The van der Waals surface area contributed by atoms with Crippen LogP contribution in [0.3, 0.4) is 0 Å². The smallest absolute Gasteiger partial charge is 0.105 e. The molecule has 0 aliphatic rings. The summed E-state index contributed by atoms with van der Waals surface area (Å²) in [6.45, 7) is 5.94. The number of benzene rings is 1. The monoisotopic (exact) mass is 277 g/mol. The summed E-state index contributed by atoms with van der Waals surface area (Å²) in [6, 6.07) is 6.16. The Hall–Kier alpha value is -1.48. The second-order valence-electron chi connectivity index (χ2n) is 4.69. The van der Waals surface area contributed by atoms with E-state index in [9.17, 15) is 0 Å². The second kappa shape index (κ2) is 6.62. The van der Waals surface area contributed by atoms with Crippen molar-refractivity contribution in [2.75, 3.05) is 11.9 Å². The van der Waals surface area contributed by atoms with Gasteiger partial charge in [-0.2, -0.15) is 0 Å². The molecule has 0 spiro atoms. The summed E-state index contributed by atoms with van der Waals surface area (Å²) in [7, 11) is 0. The van der Waals surface area contributed by atoms with Gasteiger partial charge in [0.15, 0.2) is 0 Å². The molecule has 1 heterocycles. The molecule has 0 amide bonds. The molecule has 2 aromatic rings. The maximum atomic E-state index is 6.34. The number of hydrogen-bond donors (Lipinski definition) is 1. The molecule has 0 atom stereocenters. The maximum Gasteiger partial charge on any atom is 0.105 e. The van der Waals surface area contributed by atoms with Gasteiger partial charge in [-0.15, -0.1) is 0 Å². The summed E-state index contributed by atoms with van der Waals surface area (Å²) in [5.41, 5.74) is 2.20. The van der Waals surface area contributed by atoms with Gasteiger partial charge in [-0.3, -0.25) is 0 Å². The van der Waals surface area contributed by atoms with Crippen molar-refractivity contribution < 1.29 is 0 Å². The first kappa shape index (κ1) is 13.9. The lowest BCUT2D eigenvalue weighted by Crippen LogP contribution is -2.03. The zero-order chi connectivity index (χ0) is 13.7. The van der Waals surface area contributed by atoms with Gasteiger partial charge in [0.1, 0.15) is 5.82 Å². The molecular formula is C15H20ClN3. The maximum absolute atomic E-state index is 6.34. The van der Waals surface area contributed by atoms with E-state index in [0.29, 0.717) is 0 Å². The summed E-state index contributed by atoms with van der Waals surface area (Å²) < 4.78 is 2.09. The Morgan fingerprint density at radius 3 is 2.84 bits per heavy atom. The number of unbranched alkanes of at least 4 members (excludes halogenated alkanes) is 1. The number of halogens is 1. The highest BCUT2D eigenvalue weighted by Crippen LogP contribution is 2.22. The van der Waals surface area contributed by atoms with Crippen molar-refractivity contribution in [1.29, 1.82) is 0 Å². The number of aromatic nitrogens is 2. The average Bonchev–Trinajstić information content (AvgIpc) is 2.79. The van der Waals surface area contributed by atoms with E-state index >= 15 is 0 Å². The molecule has 4 heteroatoms. The fourth-order valence-corrected chi connectivity index (χ4v) is 2.19. The van der Waals surface area contributed by atoms with E-state index in [1.165, 1.54) is 12.8 Å². The van der Waals surface area contributed by atoms with Crippen molar-refractivity contribution in [2.24, 2.45) is 0 Å². The summed E-state index contributed by atoms with van der Waals surface area (Å²) in [5.74, 6) is 1.00. The molecule has 0 aliphatic carbocycles. The quantitative estimate of drug-likeness (QED) is 0.806. The van der Waals surface area contributed by atoms with E-state index < -0.39 is 0 Å². The number of imidazole rings is 1. The zero-order valence-electron chi connectivity index (χ0n) is 11.5. The molecule has 19 heavy (non-hydrogen) atoms. The third-order valence-electron chi connectivity index (χ3n) is 3.18. The van der Waals surface area contributed by atoms with Crippen molar-refractivity contribution in [1.82, 2.24) is 9.55 Å². The molecule has 0 saturated carbocycles.